The summed E-state index contributed by atoms with van der Waals surface area (Å²) in [5, 5.41) is 16.8. The van der Waals surface area contributed by atoms with Crippen molar-refractivity contribution in [2.75, 3.05) is 52.9 Å². The predicted molar refractivity (Wildman–Crippen MR) is 113 cm³/mol. The number of benzene rings is 1. The van der Waals surface area contributed by atoms with Gasteiger partial charge in [-0.1, -0.05) is 12.1 Å². The fourth-order valence-electron chi connectivity index (χ4n) is 3.35. The quantitative estimate of drug-likeness (QED) is 0.435. The third-order valence-corrected chi connectivity index (χ3v) is 5.23. The molecule has 0 bridgehead atoms. The lowest BCUT2D eigenvalue weighted by molar-refractivity contribution is -0.122. The number of piperazine rings is 1. The minimum Gasteiger partial charge on any atom is -0.497 e. The Hall–Kier alpha value is -2.32. The monoisotopic (exact) mass is 403 g/mol. The van der Waals surface area contributed by atoms with Crippen molar-refractivity contribution >= 4 is 11.9 Å². The Morgan fingerprint density at radius 3 is 2.52 bits per heavy atom. The zero-order valence-electron chi connectivity index (χ0n) is 17.4. The lowest BCUT2D eigenvalue weighted by atomic mass is 10.1. The van der Waals surface area contributed by atoms with Crippen molar-refractivity contribution < 1.29 is 14.6 Å². The van der Waals surface area contributed by atoms with Crippen LogP contribution >= 0.6 is 0 Å². The summed E-state index contributed by atoms with van der Waals surface area (Å²) in [5.74, 6) is 1.70. The Morgan fingerprint density at radius 2 is 1.93 bits per heavy atom. The summed E-state index contributed by atoms with van der Waals surface area (Å²) < 4.78 is 5.16. The zero-order valence-corrected chi connectivity index (χ0v) is 17.4. The van der Waals surface area contributed by atoms with Gasteiger partial charge in [-0.15, -0.1) is 0 Å². The van der Waals surface area contributed by atoms with E-state index in [0.29, 0.717) is 19.1 Å². The third-order valence-electron chi connectivity index (χ3n) is 5.23. The number of carbonyl (C=O) groups is 1. The highest BCUT2D eigenvalue weighted by molar-refractivity contribution is 5.80. The van der Waals surface area contributed by atoms with Gasteiger partial charge in [0, 0.05) is 38.8 Å². The van der Waals surface area contributed by atoms with Gasteiger partial charge in [-0.05, 0) is 37.5 Å². The van der Waals surface area contributed by atoms with E-state index in [9.17, 15) is 9.90 Å². The number of hydrogen-bond donors (Lipinski definition) is 3. The number of rotatable bonds is 8. The molecule has 0 radical (unpaired) electrons. The van der Waals surface area contributed by atoms with Gasteiger partial charge in [0.25, 0.3) is 0 Å². The van der Waals surface area contributed by atoms with Crippen LogP contribution in [-0.4, -0.2) is 85.7 Å². The van der Waals surface area contributed by atoms with Gasteiger partial charge in [0.2, 0.25) is 5.91 Å². The molecule has 1 aromatic rings. The van der Waals surface area contributed by atoms with Gasteiger partial charge in [0.05, 0.1) is 26.3 Å². The van der Waals surface area contributed by atoms with Crippen LogP contribution in [0.5, 0.6) is 5.75 Å². The highest BCUT2D eigenvalue weighted by Crippen LogP contribution is 2.19. The maximum Gasteiger partial charge on any atom is 0.234 e. The Bertz CT molecular complexity index is 682. The molecule has 8 heteroatoms. The summed E-state index contributed by atoms with van der Waals surface area (Å²) in [6.07, 6.45) is 1.57. The number of aliphatic hydroxyl groups excluding tert-OH is 1. The van der Waals surface area contributed by atoms with Crippen LogP contribution in [0.1, 0.15) is 31.4 Å². The van der Waals surface area contributed by atoms with Gasteiger partial charge in [-0.2, -0.15) is 0 Å². The van der Waals surface area contributed by atoms with Crippen LogP contribution in [0.25, 0.3) is 0 Å². The first kappa shape index (κ1) is 21.4. The number of hydrogen-bond acceptors (Lipinski definition) is 5. The minimum atomic E-state index is -0.665. The second-order valence-electron chi connectivity index (χ2n) is 7.59. The molecule has 1 aromatic carbocycles. The van der Waals surface area contributed by atoms with Crippen LogP contribution in [-0.2, 0) is 4.79 Å². The van der Waals surface area contributed by atoms with Gasteiger partial charge in [-0.25, -0.2) is 0 Å². The number of carbonyl (C=O) groups excluding carboxylic acids is 1. The van der Waals surface area contributed by atoms with E-state index in [1.165, 1.54) is 0 Å². The Morgan fingerprint density at radius 1 is 1.24 bits per heavy atom. The van der Waals surface area contributed by atoms with E-state index in [2.05, 4.69) is 25.4 Å². The maximum atomic E-state index is 12.0. The molecule has 1 aliphatic carbocycles. The van der Waals surface area contributed by atoms with Crippen molar-refractivity contribution in [3.63, 3.8) is 0 Å². The van der Waals surface area contributed by atoms with E-state index in [-0.39, 0.29) is 5.91 Å². The van der Waals surface area contributed by atoms with Gasteiger partial charge in [0.1, 0.15) is 5.75 Å². The van der Waals surface area contributed by atoms with E-state index < -0.39 is 6.10 Å². The normalized spacial score (nSPS) is 19.0. The molecule has 0 aromatic heterocycles. The molecule has 2 aliphatic rings. The number of methoxy groups -OCH3 is 1. The highest BCUT2D eigenvalue weighted by atomic mass is 16.5. The van der Waals surface area contributed by atoms with Crippen LogP contribution < -0.4 is 15.4 Å². The fourth-order valence-corrected chi connectivity index (χ4v) is 3.35. The lowest BCUT2D eigenvalue weighted by Gasteiger charge is -2.36. The van der Waals surface area contributed by atoms with Gasteiger partial charge < -0.3 is 25.4 Å². The van der Waals surface area contributed by atoms with Gasteiger partial charge in [0.15, 0.2) is 5.96 Å². The molecule has 1 aliphatic heterocycles. The van der Waals surface area contributed by atoms with Crippen LogP contribution in [0.3, 0.4) is 0 Å². The number of guanidine groups is 1. The molecule has 1 amide bonds. The van der Waals surface area contributed by atoms with Crippen molar-refractivity contribution in [3.8, 4) is 5.75 Å². The van der Waals surface area contributed by atoms with E-state index in [0.717, 1.165) is 62.8 Å². The average molecular weight is 404 g/mol. The fraction of sp³-hybridized carbons (Fsp3) is 0.619. The summed E-state index contributed by atoms with van der Waals surface area (Å²) >= 11 is 0. The third kappa shape index (κ3) is 6.61. The number of ether oxygens (including phenoxy) is 1. The van der Waals surface area contributed by atoms with Crippen LogP contribution in [0.2, 0.25) is 0 Å². The van der Waals surface area contributed by atoms with Crippen molar-refractivity contribution in [1.82, 2.24) is 20.4 Å². The molecule has 3 N–H and O–H groups in total. The van der Waals surface area contributed by atoms with E-state index in [1.807, 2.05) is 31.2 Å². The Labute approximate surface area is 172 Å². The summed E-state index contributed by atoms with van der Waals surface area (Å²) in [4.78, 5) is 21.0. The zero-order chi connectivity index (χ0) is 20.6. The summed E-state index contributed by atoms with van der Waals surface area (Å²) in [6.45, 7) is 6.82. The number of nitrogens with zero attached hydrogens (tertiary/aromatic N) is 3. The maximum absolute atomic E-state index is 12.0. The van der Waals surface area contributed by atoms with Crippen molar-refractivity contribution in [1.29, 1.82) is 0 Å². The number of aliphatic hydroxyl groups is 1. The molecule has 8 nitrogen and oxygen atoms in total. The standard InChI is InChI=1S/C21H33N5O3/c1-3-22-21(23-14-19(27)16-4-8-18(29-2)9-5-16)26-12-10-25(11-13-26)15-20(28)24-17-6-7-17/h4-5,8-9,17,19,27H,3,6-7,10-15H2,1-2H3,(H,22,23)(H,24,28). The summed E-state index contributed by atoms with van der Waals surface area (Å²) in [6, 6.07) is 7.81. The predicted octanol–water partition coefficient (Wildman–Crippen LogP) is 0.590. The first-order valence-corrected chi connectivity index (χ1v) is 10.5. The molecule has 1 atom stereocenters. The van der Waals surface area contributed by atoms with Crippen molar-refractivity contribution in [2.24, 2.45) is 4.99 Å². The lowest BCUT2D eigenvalue weighted by Crippen LogP contribution is -2.54. The molecule has 1 heterocycles. The van der Waals surface area contributed by atoms with E-state index in [4.69, 9.17) is 4.74 Å². The van der Waals surface area contributed by atoms with Gasteiger partial charge in [-0.3, -0.25) is 14.7 Å². The molecule has 0 spiro atoms. The second-order valence-corrected chi connectivity index (χ2v) is 7.59. The van der Waals surface area contributed by atoms with Crippen molar-refractivity contribution in [2.45, 2.75) is 31.9 Å². The first-order chi connectivity index (χ1) is 14.1. The van der Waals surface area contributed by atoms with Crippen LogP contribution in [0.4, 0.5) is 0 Å². The second kappa shape index (κ2) is 10.5. The largest absolute Gasteiger partial charge is 0.497 e. The van der Waals surface area contributed by atoms with Gasteiger partial charge >= 0.3 is 0 Å². The smallest absolute Gasteiger partial charge is 0.234 e. The molecule has 2 fully saturated rings. The van der Waals surface area contributed by atoms with E-state index in [1.54, 1.807) is 7.11 Å². The molecule has 160 valence electrons. The highest BCUT2D eigenvalue weighted by Gasteiger charge is 2.26. The van der Waals surface area contributed by atoms with Crippen LogP contribution in [0, 0.1) is 0 Å². The molecule has 3 rings (SSSR count). The Kier molecular flexibility index (Phi) is 7.71. The molecule has 29 heavy (non-hydrogen) atoms. The van der Waals surface area contributed by atoms with Crippen LogP contribution in [0.15, 0.2) is 29.3 Å². The number of nitrogens with one attached hydrogen (secondary N) is 2. The van der Waals surface area contributed by atoms with Crippen molar-refractivity contribution in [3.05, 3.63) is 29.8 Å². The molecule has 1 saturated heterocycles. The minimum absolute atomic E-state index is 0.129. The first-order valence-electron chi connectivity index (χ1n) is 10.5. The molecule has 1 saturated carbocycles. The number of amides is 1. The van der Waals surface area contributed by atoms with E-state index >= 15 is 0 Å². The molecule has 1 unspecified atom stereocenters. The molecular formula is C21H33N5O3. The number of aliphatic imine (C=N–C) groups is 1. The summed E-state index contributed by atoms with van der Waals surface area (Å²) in [5.41, 5.74) is 0.817. The summed E-state index contributed by atoms with van der Waals surface area (Å²) in [7, 11) is 1.62. The SMILES string of the molecule is CCNC(=NCC(O)c1ccc(OC)cc1)N1CCN(CC(=O)NC2CC2)CC1. The average Bonchev–Trinajstić information content (AvgIpc) is 3.55. The topological polar surface area (TPSA) is 89.4 Å². The Balaban J connectivity index is 1.49. The molecular weight excluding hydrogens is 370 g/mol.